The summed E-state index contributed by atoms with van der Waals surface area (Å²) >= 11 is 0. The molecule has 0 atom stereocenters. The van der Waals surface area contributed by atoms with Gasteiger partial charge in [0.05, 0.1) is 13.3 Å². The number of amides is 1. The van der Waals surface area contributed by atoms with Gasteiger partial charge < -0.3 is 21.1 Å². The van der Waals surface area contributed by atoms with E-state index in [2.05, 4.69) is 20.7 Å². The minimum Gasteiger partial charge on any atom is -0.497 e. The Morgan fingerprint density at radius 1 is 1.28 bits per heavy atom. The molecule has 25 heavy (non-hydrogen) atoms. The first kappa shape index (κ1) is 15.3. The number of benzene rings is 1. The molecule has 0 radical (unpaired) electrons. The van der Waals surface area contributed by atoms with Gasteiger partial charge in [0.25, 0.3) is 5.91 Å². The van der Waals surface area contributed by atoms with Crippen LogP contribution < -0.4 is 21.1 Å². The predicted molar refractivity (Wildman–Crippen MR) is 94.3 cm³/mol. The van der Waals surface area contributed by atoms with E-state index in [9.17, 15) is 4.79 Å². The molecular formula is C17H18N6O2. The third-order valence-electron chi connectivity index (χ3n) is 4.15. The van der Waals surface area contributed by atoms with E-state index in [0.717, 1.165) is 29.8 Å². The van der Waals surface area contributed by atoms with E-state index in [0.29, 0.717) is 29.4 Å². The van der Waals surface area contributed by atoms with Crippen LogP contribution in [0, 0.1) is 0 Å². The number of nitrogens with one attached hydrogen (secondary N) is 2. The van der Waals surface area contributed by atoms with Gasteiger partial charge >= 0.3 is 0 Å². The normalized spacial score (nSPS) is 14.2. The van der Waals surface area contributed by atoms with Crippen molar-refractivity contribution < 1.29 is 9.53 Å². The Kier molecular flexibility index (Phi) is 3.64. The van der Waals surface area contributed by atoms with E-state index >= 15 is 0 Å². The van der Waals surface area contributed by atoms with Gasteiger partial charge in [-0.1, -0.05) is 0 Å². The van der Waals surface area contributed by atoms with Crippen molar-refractivity contribution in [3.8, 4) is 5.75 Å². The van der Waals surface area contributed by atoms with Crippen LogP contribution >= 0.6 is 0 Å². The lowest BCUT2D eigenvalue weighted by Gasteiger charge is -2.11. The number of rotatable bonds is 1. The van der Waals surface area contributed by atoms with Crippen molar-refractivity contribution in [3.63, 3.8) is 0 Å². The summed E-state index contributed by atoms with van der Waals surface area (Å²) in [5.41, 5.74) is 8.85. The van der Waals surface area contributed by atoms with Crippen molar-refractivity contribution >= 4 is 28.9 Å². The minimum absolute atomic E-state index is 0.206. The first-order valence-corrected chi connectivity index (χ1v) is 8.01. The molecule has 3 heterocycles. The lowest BCUT2D eigenvalue weighted by Crippen LogP contribution is -2.24. The summed E-state index contributed by atoms with van der Waals surface area (Å²) in [5.74, 6) is 1.49. The molecule has 1 aromatic carbocycles. The van der Waals surface area contributed by atoms with E-state index < -0.39 is 0 Å². The summed E-state index contributed by atoms with van der Waals surface area (Å²) < 4.78 is 6.83. The molecule has 4 rings (SSSR count). The summed E-state index contributed by atoms with van der Waals surface area (Å²) in [6.07, 6.45) is 3.12. The highest BCUT2D eigenvalue weighted by molar-refractivity contribution is 6.00. The van der Waals surface area contributed by atoms with Crippen molar-refractivity contribution in [3.05, 3.63) is 41.6 Å². The van der Waals surface area contributed by atoms with Gasteiger partial charge in [0.1, 0.15) is 22.9 Å². The lowest BCUT2D eigenvalue weighted by atomic mass is 10.1. The number of nitrogen functional groups attached to an aromatic ring is 1. The van der Waals surface area contributed by atoms with Crippen LogP contribution in [0.5, 0.6) is 5.75 Å². The Morgan fingerprint density at radius 3 is 3.00 bits per heavy atom. The van der Waals surface area contributed by atoms with Crippen LogP contribution in [0.15, 0.2) is 30.5 Å². The fourth-order valence-electron chi connectivity index (χ4n) is 2.94. The number of carbonyl (C=O) groups is 1. The highest BCUT2D eigenvalue weighted by Gasteiger charge is 2.17. The molecule has 0 saturated carbocycles. The maximum atomic E-state index is 12.4. The van der Waals surface area contributed by atoms with E-state index in [1.165, 1.54) is 10.7 Å². The number of hydrogen-bond donors (Lipinski definition) is 3. The molecule has 8 heteroatoms. The van der Waals surface area contributed by atoms with Crippen LogP contribution in [0.25, 0.3) is 5.65 Å². The number of methoxy groups -OCH3 is 1. The topological polar surface area (TPSA) is 107 Å². The second-order valence-electron chi connectivity index (χ2n) is 5.91. The van der Waals surface area contributed by atoms with E-state index in [1.807, 2.05) is 18.2 Å². The van der Waals surface area contributed by atoms with Crippen LogP contribution in [0.3, 0.4) is 0 Å². The number of aromatic nitrogens is 3. The van der Waals surface area contributed by atoms with Crippen molar-refractivity contribution in [2.45, 2.75) is 12.8 Å². The van der Waals surface area contributed by atoms with Crippen molar-refractivity contribution in [1.82, 2.24) is 19.9 Å². The maximum Gasteiger partial charge on any atom is 0.256 e. The summed E-state index contributed by atoms with van der Waals surface area (Å²) in [6, 6.07) is 7.61. The summed E-state index contributed by atoms with van der Waals surface area (Å²) in [5, 5.41) is 10.3. The fourth-order valence-corrected chi connectivity index (χ4v) is 2.94. The molecule has 4 N–H and O–H groups in total. The molecule has 128 valence electrons. The van der Waals surface area contributed by atoms with Gasteiger partial charge in [-0.3, -0.25) is 4.79 Å². The van der Waals surface area contributed by atoms with Crippen molar-refractivity contribution in [2.75, 3.05) is 24.7 Å². The third-order valence-corrected chi connectivity index (χ3v) is 4.15. The predicted octanol–water partition coefficient (Wildman–Crippen LogP) is 1.74. The van der Waals surface area contributed by atoms with E-state index in [-0.39, 0.29) is 5.91 Å². The largest absolute Gasteiger partial charge is 0.497 e. The standard InChI is InChI=1S/C17H18N6O2/c1-25-12-6-10-3-2-4-19-17(24)13-9-20-23-14(18)8-15(22-16(13)23)21-11(5-10)7-12/h5-9H,2-4,18H2,1H3,(H,19,24)(H,21,22). The number of aryl methyl sites for hydroxylation is 1. The molecule has 3 aromatic rings. The van der Waals surface area contributed by atoms with Gasteiger partial charge in [-0.2, -0.15) is 9.61 Å². The van der Waals surface area contributed by atoms with Crippen LogP contribution in [0.1, 0.15) is 22.3 Å². The zero-order valence-corrected chi connectivity index (χ0v) is 13.7. The second-order valence-corrected chi connectivity index (χ2v) is 5.91. The van der Waals surface area contributed by atoms with Crippen LogP contribution in [0.4, 0.5) is 17.3 Å². The zero-order chi connectivity index (χ0) is 17.4. The number of fused-ring (bicyclic) bond motifs is 3. The Bertz CT molecular complexity index is 965. The molecule has 0 saturated heterocycles. The van der Waals surface area contributed by atoms with Crippen molar-refractivity contribution in [1.29, 1.82) is 0 Å². The number of nitrogens with zero attached hydrogens (tertiary/aromatic N) is 3. The number of carbonyl (C=O) groups excluding carboxylic acids is 1. The molecule has 1 aliphatic rings. The average Bonchev–Trinajstić information content (AvgIpc) is 3.02. The number of nitrogens with two attached hydrogens (primary N) is 1. The number of ether oxygens (including phenoxy) is 1. The molecule has 4 bridgehead atoms. The quantitative estimate of drug-likeness (QED) is 0.624. The van der Waals surface area contributed by atoms with Crippen molar-refractivity contribution in [2.24, 2.45) is 0 Å². The molecule has 8 nitrogen and oxygen atoms in total. The number of anilines is 3. The van der Waals surface area contributed by atoms with Crippen LogP contribution in [-0.4, -0.2) is 34.2 Å². The Labute approximate surface area is 144 Å². The minimum atomic E-state index is -0.206. The van der Waals surface area contributed by atoms with Gasteiger partial charge in [-0.25, -0.2) is 4.98 Å². The van der Waals surface area contributed by atoms with E-state index in [4.69, 9.17) is 10.5 Å². The third kappa shape index (κ3) is 2.82. The van der Waals surface area contributed by atoms with Crippen LogP contribution in [-0.2, 0) is 6.42 Å². The summed E-state index contributed by atoms with van der Waals surface area (Å²) in [6.45, 7) is 0.561. The van der Waals surface area contributed by atoms with Gasteiger partial charge in [-0.05, 0) is 30.5 Å². The highest BCUT2D eigenvalue weighted by Crippen LogP contribution is 2.26. The van der Waals surface area contributed by atoms with Gasteiger partial charge in [0, 0.05) is 24.4 Å². The SMILES string of the molecule is COc1cc2cc(c1)Nc1cc(N)n3ncc(c3n1)C(=O)NCCC2. The molecular weight excluding hydrogens is 320 g/mol. The number of hydrogen-bond acceptors (Lipinski definition) is 6. The van der Waals surface area contributed by atoms with Gasteiger partial charge in [0.15, 0.2) is 5.65 Å². The molecule has 0 fully saturated rings. The monoisotopic (exact) mass is 338 g/mol. The fraction of sp³-hybridized carbons (Fsp3) is 0.235. The van der Waals surface area contributed by atoms with E-state index in [1.54, 1.807) is 13.2 Å². The second kappa shape index (κ2) is 5.97. The summed E-state index contributed by atoms with van der Waals surface area (Å²) in [7, 11) is 1.64. The first-order chi connectivity index (χ1) is 12.1. The Morgan fingerprint density at radius 2 is 2.16 bits per heavy atom. The average molecular weight is 338 g/mol. The molecule has 0 spiro atoms. The zero-order valence-electron chi connectivity index (χ0n) is 13.7. The lowest BCUT2D eigenvalue weighted by molar-refractivity contribution is 0.0954. The molecule has 2 aromatic heterocycles. The first-order valence-electron chi connectivity index (χ1n) is 8.01. The Hall–Kier alpha value is -3.29. The highest BCUT2D eigenvalue weighted by atomic mass is 16.5. The van der Waals surface area contributed by atoms with Gasteiger partial charge in [0.2, 0.25) is 0 Å². The van der Waals surface area contributed by atoms with Gasteiger partial charge in [-0.15, -0.1) is 0 Å². The maximum absolute atomic E-state index is 12.4. The molecule has 1 aliphatic heterocycles. The smallest absolute Gasteiger partial charge is 0.256 e. The van der Waals surface area contributed by atoms with Crippen LogP contribution in [0.2, 0.25) is 0 Å². The summed E-state index contributed by atoms with van der Waals surface area (Å²) in [4.78, 5) is 16.9. The molecule has 1 amide bonds. The molecule has 0 aliphatic carbocycles. The molecule has 0 unspecified atom stereocenters. The Balaban J connectivity index is 1.86.